The second kappa shape index (κ2) is 18.3. The quantitative estimate of drug-likeness (QED) is 0.155. The molecule has 2 N–H and O–H groups in total. The van der Waals surface area contributed by atoms with Gasteiger partial charge in [-0.2, -0.15) is 18.2 Å². The van der Waals surface area contributed by atoms with E-state index in [0.717, 1.165) is 16.4 Å². The van der Waals surface area contributed by atoms with E-state index in [2.05, 4.69) is 167 Å². The third-order valence-corrected chi connectivity index (χ3v) is 15.2. The van der Waals surface area contributed by atoms with Crippen LogP contribution in [0.25, 0.3) is 0 Å². The first-order chi connectivity index (χ1) is 20.9. The zero-order chi connectivity index (χ0) is 37.0. The van der Waals surface area contributed by atoms with E-state index in [9.17, 15) is 14.6 Å². The van der Waals surface area contributed by atoms with Crippen molar-refractivity contribution in [2.45, 2.75) is 156 Å². The summed E-state index contributed by atoms with van der Waals surface area (Å²) in [4.78, 5) is 0. The molecule has 2 nitrogen and oxygen atoms in total. The maximum Gasteiger partial charge on any atom is 0.161 e. The van der Waals surface area contributed by atoms with Gasteiger partial charge in [-0.15, -0.1) is 12.1 Å². The maximum absolute atomic E-state index is 11.9. The van der Waals surface area contributed by atoms with E-state index in [1.807, 2.05) is 0 Å². The molecule has 0 bridgehead atoms. The first-order valence-corrected chi connectivity index (χ1v) is 19.7. The van der Waals surface area contributed by atoms with Crippen LogP contribution in [-0.2, 0) is 27.3 Å². The fraction of sp³-hybridized carbons (Fsp3) is 0.558. The van der Waals surface area contributed by atoms with Crippen molar-refractivity contribution in [2.75, 3.05) is 0 Å². The molecular formula is C43H70FNiO2P2+. The zero-order valence-electron chi connectivity index (χ0n) is 34.3. The molecule has 0 saturated carbocycles. The predicted molar refractivity (Wildman–Crippen MR) is 219 cm³/mol. The van der Waals surface area contributed by atoms with Crippen LogP contribution in [-0.4, -0.2) is 30.8 Å². The van der Waals surface area contributed by atoms with E-state index in [-0.39, 0.29) is 61.2 Å². The molecule has 6 heteroatoms. The van der Waals surface area contributed by atoms with E-state index in [1.54, 1.807) is 0 Å². The van der Waals surface area contributed by atoms with Crippen molar-refractivity contribution >= 4 is 26.5 Å². The molecule has 0 fully saturated rings. The van der Waals surface area contributed by atoms with E-state index in [1.165, 1.54) is 29.6 Å². The summed E-state index contributed by atoms with van der Waals surface area (Å²) in [6, 6.07) is 21.1. The monoisotopic (exact) mass is 757 g/mol. The van der Waals surface area contributed by atoms with Gasteiger partial charge in [-0.3, -0.25) is 0 Å². The van der Waals surface area contributed by atoms with E-state index < -0.39 is 15.8 Å². The molecule has 49 heavy (non-hydrogen) atoms. The van der Waals surface area contributed by atoms with E-state index >= 15 is 0 Å². The van der Waals surface area contributed by atoms with Crippen LogP contribution in [0.2, 0.25) is 0 Å². The second-order valence-electron chi connectivity index (χ2n) is 18.6. The standard InChI is InChI=1S/2C18H31OP.C6H4F.CH3.Ni/c2*1-16(2,3)13-11-10-12-14(15(13)19)20(17(4,5)6)18(7,8)9;7-6-4-2-1-3-5-6;;/h2*10-12,19H,1-9H3;2-5H;1H3;/q;;-1;+1;/p+1. The minimum Gasteiger partial charge on any atom is -0.507 e. The minimum atomic E-state index is -0.915. The summed E-state index contributed by atoms with van der Waals surface area (Å²) in [6.07, 6.45) is 0. The summed E-state index contributed by atoms with van der Waals surface area (Å²) in [7, 11) is -1.39. The number of para-hydroxylation sites is 2. The zero-order valence-corrected chi connectivity index (χ0v) is 37.2. The molecule has 0 amide bonds. The molecule has 0 spiro atoms. The SMILES string of the molecule is CC(C)(C)c1cccc(P(C(C)(C)C)C(C)(C)C)c1O.CC(C)(C)c1cccc([PH+](C(C)(C)C)C(C)(C)C)c1O.Fc1cc[c-]cc1.[CH3+].[Ni]. The average Bonchev–Trinajstić information content (AvgIpc) is 2.83. The van der Waals surface area contributed by atoms with Crippen LogP contribution in [0, 0.1) is 19.3 Å². The van der Waals surface area contributed by atoms with Gasteiger partial charge >= 0.3 is 0 Å². The maximum atomic E-state index is 11.9. The van der Waals surface area contributed by atoms with Crippen molar-refractivity contribution < 1.29 is 31.1 Å². The molecule has 3 aromatic rings. The fourth-order valence-corrected chi connectivity index (χ4v) is 15.2. The predicted octanol–water partition coefficient (Wildman–Crippen LogP) is 12.6. The van der Waals surface area contributed by atoms with Crippen molar-refractivity contribution in [2.24, 2.45) is 0 Å². The number of benzene rings is 3. The van der Waals surface area contributed by atoms with Crippen molar-refractivity contribution in [3.63, 3.8) is 0 Å². The first-order valence-electron chi connectivity index (χ1n) is 16.9. The molecule has 3 rings (SSSR count). The van der Waals surface area contributed by atoms with Crippen LogP contribution >= 0.6 is 15.8 Å². The third kappa shape index (κ3) is 14.9. The van der Waals surface area contributed by atoms with Gasteiger partial charge in [0, 0.05) is 48.5 Å². The van der Waals surface area contributed by atoms with E-state index in [0.29, 0.717) is 11.5 Å². The average molecular weight is 759 g/mol. The van der Waals surface area contributed by atoms with Gasteiger partial charge in [0.05, 0.1) is 10.3 Å². The van der Waals surface area contributed by atoms with Gasteiger partial charge in [-0.1, -0.05) is 121 Å². The Labute approximate surface area is 314 Å². The molecule has 0 radical (unpaired) electrons. The Bertz CT molecular complexity index is 1290. The molecule has 0 aromatic heterocycles. The molecule has 0 aliphatic heterocycles. The molecule has 0 aliphatic rings. The Morgan fingerprint density at radius 3 is 1.24 bits per heavy atom. The van der Waals surface area contributed by atoms with Crippen LogP contribution in [0.3, 0.4) is 0 Å². The minimum absolute atomic E-state index is 0. The number of rotatable bonds is 2. The summed E-state index contributed by atoms with van der Waals surface area (Å²) in [6.45, 7) is 40.5. The van der Waals surface area contributed by atoms with Crippen molar-refractivity contribution in [3.05, 3.63) is 91.1 Å². The van der Waals surface area contributed by atoms with Crippen LogP contribution in [0.1, 0.15) is 136 Å². The number of phenols is 2. The Balaban J connectivity index is 0. The van der Waals surface area contributed by atoms with Gasteiger partial charge in [0.25, 0.3) is 0 Å². The Morgan fingerprint density at radius 2 is 0.939 bits per heavy atom. The fourth-order valence-electron chi connectivity index (χ4n) is 6.70. The smallest absolute Gasteiger partial charge is 0.161 e. The van der Waals surface area contributed by atoms with Gasteiger partial charge < -0.3 is 10.2 Å². The summed E-state index contributed by atoms with van der Waals surface area (Å²) in [5.41, 5.74) is 2.06. The van der Waals surface area contributed by atoms with Gasteiger partial charge in [0.1, 0.15) is 11.1 Å². The summed E-state index contributed by atoms with van der Waals surface area (Å²) in [5, 5.41) is 24.8. The molecule has 0 saturated heterocycles. The molecule has 0 aliphatic carbocycles. The summed E-state index contributed by atoms with van der Waals surface area (Å²) < 4.78 is 11.9. The number of aromatic hydroxyl groups is 2. The van der Waals surface area contributed by atoms with Crippen LogP contribution in [0.5, 0.6) is 11.5 Å². The largest absolute Gasteiger partial charge is 0.507 e. The first kappa shape index (κ1) is 49.5. The number of hydrogen-bond acceptors (Lipinski definition) is 2. The Kier molecular flexibility index (Phi) is 18.5. The van der Waals surface area contributed by atoms with Gasteiger partial charge in [-0.25, -0.2) is 4.39 Å². The number of halogens is 1. The number of phenolic OH excluding ortho intramolecular Hbond substituents is 2. The van der Waals surface area contributed by atoms with Gasteiger partial charge in [0.2, 0.25) is 0 Å². The molecule has 280 valence electrons. The van der Waals surface area contributed by atoms with Gasteiger partial charge in [-0.05, 0) is 74.3 Å². The molecule has 0 heterocycles. The molecule has 0 unspecified atom stereocenters. The van der Waals surface area contributed by atoms with Crippen molar-refractivity contribution in [3.8, 4) is 11.5 Å². The second-order valence-corrected chi connectivity index (χ2v) is 26.8. The molecular weight excluding hydrogens is 688 g/mol. The van der Waals surface area contributed by atoms with Crippen LogP contribution < -0.4 is 10.6 Å². The third-order valence-electron chi connectivity index (χ3n) is 7.70. The van der Waals surface area contributed by atoms with E-state index in [4.69, 9.17) is 0 Å². The molecule has 3 aromatic carbocycles. The summed E-state index contributed by atoms with van der Waals surface area (Å²) in [5.74, 6) is 0.827. The Hall–Kier alpha value is -1.59. The van der Waals surface area contributed by atoms with Crippen LogP contribution in [0.15, 0.2) is 60.7 Å². The van der Waals surface area contributed by atoms with Crippen LogP contribution in [0.4, 0.5) is 4.39 Å². The summed E-state index contributed by atoms with van der Waals surface area (Å²) >= 11 is 0. The van der Waals surface area contributed by atoms with Crippen molar-refractivity contribution in [1.29, 1.82) is 0 Å². The number of hydrogen-bond donors (Lipinski definition) is 2. The topological polar surface area (TPSA) is 40.5 Å². The normalized spacial score (nSPS) is 12.6. The molecule has 0 atom stereocenters. The Morgan fingerprint density at radius 1 is 0.571 bits per heavy atom. The van der Waals surface area contributed by atoms with Crippen molar-refractivity contribution in [1.82, 2.24) is 0 Å². The van der Waals surface area contributed by atoms with Gasteiger partial charge in [0.15, 0.2) is 5.75 Å².